The van der Waals surface area contributed by atoms with E-state index in [0.29, 0.717) is 12.8 Å². The molecule has 0 radical (unpaired) electrons. The number of carbonyl (C=O) groups excluding carboxylic acids is 2. The number of carbonyl (C=O) groups is 2. The molecule has 3 aliphatic rings. The number of likely N-dealkylation sites (tertiary alicyclic amines) is 2. The van der Waals surface area contributed by atoms with Crippen LogP contribution in [0, 0.1) is 6.92 Å². The van der Waals surface area contributed by atoms with Crippen molar-refractivity contribution in [2.45, 2.75) is 57.3 Å². The lowest BCUT2D eigenvalue weighted by Gasteiger charge is -2.38. The molecule has 3 amide bonds. The van der Waals surface area contributed by atoms with Crippen molar-refractivity contribution in [2.75, 3.05) is 26.2 Å². The Morgan fingerprint density at radius 1 is 0.848 bits per heavy atom. The van der Waals surface area contributed by atoms with Gasteiger partial charge in [0.25, 0.3) is 5.91 Å². The van der Waals surface area contributed by atoms with E-state index in [9.17, 15) is 9.59 Å². The Kier molecular flexibility index (Phi) is 6.21. The molecule has 2 aromatic carbocycles. The first-order valence-electron chi connectivity index (χ1n) is 12.2. The van der Waals surface area contributed by atoms with Gasteiger partial charge in [0.2, 0.25) is 0 Å². The van der Waals surface area contributed by atoms with Crippen LogP contribution in [0.25, 0.3) is 0 Å². The molecule has 1 spiro atoms. The van der Waals surface area contributed by atoms with Gasteiger partial charge >= 0.3 is 6.03 Å². The maximum atomic E-state index is 13.5. The van der Waals surface area contributed by atoms with Crippen LogP contribution in [0.3, 0.4) is 0 Å². The third-order valence-corrected chi connectivity index (χ3v) is 7.56. The van der Waals surface area contributed by atoms with Gasteiger partial charge in [-0.25, -0.2) is 4.79 Å². The highest BCUT2D eigenvalue weighted by molar-refractivity contribution is 6.07. The van der Waals surface area contributed by atoms with E-state index in [4.69, 9.17) is 0 Å². The Morgan fingerprint density at radius 2 is 1.48 bits per heavy atom. The molecule has 6 heteroatoms. The Labute approximate surface area is 196 Å². The van der Waals surface area contributed by atoms with Crippen molar-refractivity contribution in [3.05, 3.63) is 71.3 Å². The fraction of sp³-hybridized carbons (Fsp3) is 0.481. The van der Waals surface area contributed by atoms with E-state index >= 15 is 0 Å². The molecule has 6 nitrogen and oxygen atoms in total. The first-order valence-corrected chi connectivity index (χ1v) is 12.2. The second-order valence-electron chi connectivity index (χ2n) is 9.95. The van der Waals surface area contributed by atoms with Gasteiger partial charge in [0.05, 0.1) is 0 Å². The van der Waals surface area contributed by atoms with Gasteiger partial charge in [-0.1, -0.05) is 60.2 Å². The van der Waals surface area contributed by atoms with Crippen LogP contribution in [0.2, 0.25) is 0 Å². The van der Waals surface area contributed by atoms with Gasteiger partial charge < -0.3 is 5.32 Å². The topological polar surface area (TPSA) is 55.9 Å². The third kappa shape index (κ3) is 4.68. The van der Waals surface area contributed by atoms with Crippen molar-refractivity contribution in [3.8, 4) is 0 Å². The summed E-state index contributed by atoms with van der Waals surface area (Å²) in [4.78, 5) is 32.8. The molecular weight excluding hydrogens is 412 g/mol. The average molecular weight is 447 g/mol. The molecule has 0 unspecified atom stereocenters. The van der Waals surface area contributed by atoms with Crippen molar-refractivity contribution in [3.63, 3.8) is 0 Å². The second kappa shape index (κ2) is 9.27. The molecule has 3 saturated heterocycles. The zero-order chi connectivity index (χ0) is 22.8. The van der Waals surface area contributed by atoms with E-state index in [1.807, 2.05) is 6.07 Å². The highest BCUT2D eigenvalue weighted by atomic mass is 16.2. The number of hydrogen-bond acceptors (Lipinski definition) is 4. The number of aryl methyl sites for hydroxylation is 1. The molecule has 0 atom stereocenters. The summed E-state index contributed by atoms with van der Waals surface area (Å²) in [5, 5.41) is 3.11. The number of urea groups is 1. The minimum Gasteiger partial charge on any atom is -0.323 e. The van der Waals surface area contributed by atoms with Gasteiger partial charge in [-0.3, -0.25) is 19.5 Å². The van der Waals surface area contributed by atoms with Crippen LogP contribution in [-0.4, -0.2) is 64.4 Å². The predicted molar refractivity (Wildman–Crippen MR) is 129 cm³/mol. The number of benzene rings is 2. The van der Waals surface area contributed by atoms with E-state index in [-0.39, 0.29) is 18.0 Å². The Morgan fingerprint density at radius 3 is 2.18 bits per heavy atom. The molecule has 2 aromatic rings. The maximum absolute atomic E-state index is 13.5. The zero-order valence-corrected chi connectivity index (χ0v) is 19.5. The molecule has 33 heavy (non-hydrogen) atoms. The van der Waals surface area contributed by atoms with Crippen molar-refractivity contribution in [2.24, 2.45) is 0 Å². The van der Waals surface area contributed by atoms with E-state index in [0.717, 1.165) is 52.1 Å². The minimum absolute atomic E-state index is 0.00370. The smallest absolute Gasteiger partial charge is 0.323 e. The number of nitrogens with zero attached hydrogens (tertiary/aromatic N) is 3. The maximum Gasteiger partial charge on any atom is 0.325 e. The molecule has 0 saturated carbocycles. The summed E-state index contributed by atoms with van der Waals surface area (Å²) in [5.41, 5.74) is 3.18. The summed E-state index contributed by atoms with van der Waals surface area (Å²) in [7, 11) is 0. The highest BCUT2D eigenvalue weighted by Gasteiger charge is 2.54. The van der Waals surface area contributed by atoms with E-state index < -0.39 is 5.54 Å². The van der Waals surface area contributed by atoms with Crippen molar-refractivity contribution >= 4 is 11.9 Å². The quantitative estimate of drug-likeness (QED) is 0.714. The van der Waals surface area contributed by atoms with E-state index in [2.05, 4.69) is 70.6 Å². The molecular formula is C27H34N4O2. The molecule has 174 valence electrons. The normalized spacial score (nSPS) is 22.2. The fourth-order valence-corrected chi connectivity index (χ4v) is 5.65. The van der Waals surface area contributed by atoms with Crippen LogP contribution in [0.15, 0.2) is 54.6 Å². The Balaban J connectivity index is 1.16. The van der Waals surface area contributed by atoms with Crippen LogP contribution in [0.5, 0.6) is 0 Å². The van der Waals surface area contributed by atoms with E-state index in [1.54, 1.807) is 4.90 Å². The summed E-state index contributed by atoms with van der Waals surface area (Å²) in [5.74, 6) is 0.00370. The molecule has 3 fully saturated rings. The van der Waals surface area contributed by atoms with Gasteiger partial charge in [-0.05, 0) is 43.7 Å². The summed E-state index contributed by atoms with van der Waals surface area (Å²) in [6.45, 7) is 7.40. The molecule has 3 heterocycles. The number of imide groups is 1. The van der Waals surface area contributed by atoms with Crippen molar-refractivity contribution < 1.29 is 9.59 Å². The number of rotatable bonds is 5. The van der Waals surface area contributed by atoms with Gasteiger partial charge in [0.1, 0.15) is 5.54 Å². The predicted octanol–water partition coefficient (Wildman–Crippen LogP) is 3.55. The highest BCUT2D eigenvalue weighted by Crippen LogP contribution is 2.33. The summed E-state index contributed by atoms with van der Waals surface area (Å²) >= 11 is 0. The lowest BCUT2D eigenvalue weighted by molar-refractivity contribution is -0.135. The first-order chi connectivity index (χ1) is 16.0. The summed E-state index contributed by atoms with van der Waals surface area (Å²) in [6.07, 6.45) is 3.07. The SMILES string of the molecule is Cc1cccc(CN2CCC(N3C(=O)NC4(CCN(Cc5ccccc5)CC4)C3=O)CC2)c1. The van der Waals surface area contributed by atoms with Crippen LogP contribution in [0.4, 0.5) is 4.79 Å². The summed E-state index contributed by atoms with van der Waals surface area (Å²) < 4.78 is 0. The summed E-state index contributed by atoms with van der Waals surface area (Å²) in [6, 6.07) is 18.9. The van der Waals surface area contributed by atoms with E-state index in [1.165, 1.54) is 16.7 Å². The van der Waals surface area contributed by atoms with Crippen LogP contribution in [-0.2, 0) is 17.9 Å². The molecule has 3 aliphatic heterocycles. The lowest BCUT2D eigenvalue weighted by Crippen LogP contribution is -2.55. The monoisotopic (exact) mass is 446 g/mol. The number of nitrogens with one attached hydrogen (secondary N) is 1. The fourth-order valence-electron chi connectivity index (χ4n) is 5.65. The Bertz CT molecular complexity index is 992. The number of hydrogen-bond donors (Lipinski definition) is 1. The van der Waals surface area contributed by atoms with Crippen LogP contribution >= 0.6 is 0 Å². The molecule has 0 aliphatic carbocycles. The average Bonchev–Trinajstić information content (AvgIpc) is 3.06. The van der Waals surface area contributed by atoms with Gasteiger partial charge in [-0.2, -0.15) is 0 Å². The third-order valence-electron chi connectivity index (χ3n) is 7.56. The minimum atomic E-state index is -0.705. The van der Waals surface area contributed by atoms with Gasteiger partial charge in [-0.15, -0.1) is 0 Å². The second-order valence-corrected chi connectivity index (χ2v) is 9.95. The lowest BCUT2D eigenvalue weighted by atomic mass is 9.86. The largest absolute Gasteiger partial charge is 0.325 e. The molecule has 0 aromatic heterocycles. The number of piperidine rings is 2. The van der Waals surface area contributed by atoms with Crippen LogP contribution in [0.1, 0.15) is 42.4 Å². The zero-order valence-electron chi connectivity index (χ0n) is 19.5. The van der Waals surface area contributed by atoms with Gasteiger partial charge in [0.15, 0.2) is 0 Å². The van der Waals surface area contributed by atoms with Crippen molar-refractivity contribution in [1.82, 2.24) is 20.0 Å². The van der Waals surface area contributed by atoms with Gasteiger partial charge in [0, 0.05) is 45.3 Å². The molecule has 5 rings (SSSR count). The van der Waals surface area contributed by atoms with Crippen molar-refractivity contribution in [1.29, 1.82) is 0 Å². The molecule has 1 N–H and O–H groups in total. The van der Waals surface area contributed by atoms with Crippen LogP contribution < -0.4 is 5.32 Å². The Hall–Kier alpha value is -2.70. The standard InChI is InChI=1S/C27H34N4O2/c1-21-6-5-9-23(18-21)20-29-14-10-24(11-15-29)31-25(32)27(28-26(31)33)12-16-30(17-13-27)19-22-7-3-2-4-8-22/h2-9,18,24H,10-17,19-20H2,1H3,(H,28,33). The molecule has 0 bridgehead atoms. The first kappa shape index (κ1) is 22.1. The number of amides is 3.